The fourth-order valence-electron chi connectivity index (χ4n) is 9.88. The monoisotopic (exact) mass is 789 g/mol. The van der Waals surface area contributed by atoms with Crippen molar-refractivity contribution in [2.45, 2.75) is 52.4 Å². The Kier molecular flexibility index (Phi) is 7.27. The molecule has 0 spiro atoms. The molecular weight excluding hydrogens is 735 g/mol. The highest BCUT2D eigenvalue weighted by atomic mass is 15.2. The predicted octanol–water partition coefficient (Wildman–Crippen LogP) is 14.0. The van der Waals surface area contributed by atoms with E-state index in [1.807, 2.05) is 36.4 Å². The quantitative estimate of drug-likeness (QED) is 0.129. The summed E-state index contributed by atoms with van der Waals surface area (Å²) in [5, 5.41) is 3.48. The van der Waals surface area contributed by atoms with E-state index in [0.717, 1.165) is 66.8 Å². The third kappa shape index (κ3) is 5.93. The van der Waals surface area contributed by atoms with E-state index in [2.05, 4.69) is 173 Å². The predicted molar refractivity (Wildman–Crippen MR) is 264 cm³/mol. The summed E-state index contributed by atoms with van der Waals surface area (Å²) in [4.78, 5) is 4.90. The maximum Gasteiger partial charge on any atom is 0.252 e. The van der Waals surface area contributed by atoms with E-state index in [0.29, 0.717) is 5.56 Å². The number of benzene rings is 9. The molecule has 0 N–H and O–H groups in total. The molecule has 0 saturated heterocycles. The van der Waals surface area contributed by atoms with Crippen molar-refractivity contribution in [2.75, 3.05) is 9.80 Å². The molecule has 0 amide bonds. The lowest BCUT2D eigenvalue weighted by atomic mass is 9.33. The van der Waals surface area contributed by atoms with Gasteiger partial charge in [0.25, 0.3) is 6.71 Å². The van der Waals surface area contributed by atoms with Gasteiger partial charge >= 0.3 is 0 Å². The van der Waals surface area contributed by atoms with Crippen molar-refractivity contribution in [1.29, 1.82) is 0 Å². The first kappa shape index (κ1) is 32.0. The molecule has 61 heavy (non-hydrogen) atoms. The van der Waals surface area contributed by atoms with E-state index in [-0.39, 0.29) is 47.3 Å². The van der Waals surface area contributed by atoms with E-state index >= 15 is 0 Å². The average Bonchev–Trinajstić information content (AvgIpc) is 3.32. The zero-order valence-corrected chi connectivity index (χ0v) is 35.5. The van der Waals surface area contributed by atoms with Crippen molar-refractivity contribution in [3.8, 4) is 22.3 Å². The standard InChI is InChI=1S/C58H49BN2/c1-57(2,3)40-30-32-50-48(36-40)59-49-37-41(58(4,5)6)31-33-51(49)61(43-24-14-9-15-25-43)53-35-39(34-52(56(53)59)60(50)42-22-12-8-13-23-42)55-46-28-18-16-26-44(46)54(38-20-10-7-11-21-38)45-27-17-19-29-47(45)55/h7-37H,1-6H3/i7D,10D,11D,20D,21D. The Morgan fingerprint density at radius 1 is 0.410 bits per heavy atom. The van der Waals surface area contributed by atoms with Crippen molar-refractivity contribution < 1.29 is 6.85 Å². The smallest absolute Gasteiger partial charge is 0.252 e. The van der Waals surface area contributed by atoms with Crippen LogP contribution in [-0.4, -0.2) is 6.71 Å². The van der Waals surface area contributed by atoms with Gasteiger partial charge in [-0.2, -0.15) is 0 Å². The average molecular weight is 790 g/mol. The molecule has 2 aliphatic rings. The van der Waals surface area contributed by atoms with Crippen LogP contribution in [0.15, 0.2) is 188 Å². The summed E-state index contributed by atoms with van der Waals surface area (Å²) >= 11 is 0. The third-order valence-electron chi connectivity index (χ3n) is 12.8. The maximum absolute atomic E-state index is 9.16. The van der Waals surface area contributed by atoms with Gasteiger partial charge in [-0.3, -0.25) is 0 Å². The Labute approximate surface area is 367 Å². The van der Waals surface area contributed by atoms with Crippen LogP contribution in [0.2, 0.25) is 0 Å². The number of rotatable bonds is 4. The van der Waals surface area contributed by atoms with Crippen LogP contribution in [0, 0.1) is 0 Å². The summed E-state index contributed by atoms with van der Waals surface area (Å²) in [6.07, 6.45) is 0. The summed E-state index contributed by atoms with van der Waals surface area (Å²) < 4.78 is 44.1. The van der Waals surface area contributed by atoms with Crippen LogP contribution < -0.4 is 26.2 Å². The molecule has 3 heteroatoms. The first-order valence-corrected chi connectivity index (χ1v) is 21.3. The highest BCUT2D eigenvalue weighted by molar-refractivity contribution is 7.00. The Balaban J connectivity index is 1.31. The second-order valence-electron chi connectivity index (χ2n) is 18.6. The molecule has 2 heterocycles. The number of hydrogen-bond acceptors (Lipinski definition) is 2. The van der Waals surface area contributed by atoms with Gasteiger partial charge in [0.2, 0.25) is 0 Å². The van der Waals surface area contributed by atoms with Crippen LogP contribution in [0.3, 0.4) is 0 Å². The Morgan fingerprint density at radius 3 is 1.21 bits per heavy atom. The third-order valence-corrected chi connectivity index (χ3v) is 12.8. The first-order chi connectivity index (χ1) is 31.6. The first-order valence-electron chi connectivity index (χ1n) is 23.8. The minimum Gasteiger partial charge on any atom is -0.311 e. The van der Waals surface area contributed by atoms with Crippen molar-refractivity contribution in [3.63, 3.8) is 0 Å². The molecule has 0 bridgehead atoms. The highest BCUT2D eigenvalue weighted by Gasteiger charge is 2.44. The molecule has 2 aliphatic heterocycles. The minimum absolute atomic E-state index is 0.0795. The molecule has 0 aliphatic carbocycles. The van der Waals surface area contributed by atoms with Crippen LogP contribution >= 0.6 is 0 Å². The van der Waals surface area contributed by atoms with Crippen molar-refractivity contribution in [1.82, 2.24) is 0 Å². The molecule has 9 aromatic carbocycles. The lowest BCUT2D eigenvalue weighted by Gasteiger charge is -2.45. The number of nitrogens with zero attached hydrogens (tertiary/aromatic N) is 2. The second kappa shape index (κ2) is 13.9. The number of fused-ring (bicyclic) bond motifs is 6. The molecule has 9 aromatic rings. The highest BCUT2D eigenvalue weighted by Crippen LogP contribution is 2.50. The molecule has 294 valence electrons. The lowest BCUT2D eigenvalue weighted by Crippen LogP contribution is -2.61. The molecule has 0 saturated carbocycles. The molecule has 0 unspecified atom stereocenters. The Morgan fingerprint density at radius 2 is 0.803 bits per heavy atom. The van der Waals surface area contributed by atoms with E-state index in [1.54, 1.807) is 0 Å². The van der Waals surface area contributed by atoms with Gasteiger partial charge in [-0.15, -0.1) is 0 Å². The zero-order chi connectivity index (χ0) is 46.0. The topological polar surface area (TPSA) is 6.48 Å². The molecule has 0 radical (unpaired) electrons. The summed E-state index contributed by atoms with van der Waals surface area (Å²) in [5.74, 6) is 0. The number of hydrogen-bond donors (Lipinski definition) is 0. The van der Waals surface area contributed by atoms with Gasteiger partial charge in [0.1, 0.15) is 0 Å². The van der Waals surface area contributed by atoms with Gasteiger partial charge in [0.15, 0.2) is 0 Å². The molecule has 0 atom stereocenters. The zero-order valence-electron chi connectivity index (χ0n) is 40.5. The van der Waals surface area contributed by atoms with Gasteiger partial charge in [-0.1, -0.05) is 181 Å². The van der Waals surface area contributed by atoms with Crippen LogP contribution in [0.4, 0.5) is 34.1 Å². The van der Waals surface area contributed by atoms with Gasteiger partial charge in [-0.05, 0) is 131 Å². The summed E-state index contributed by atoms with van der Waals surface area (Å²) in [7, 11) is 0. The van der Waals surface area contributed by atoms with E-state index < -0.39 is 6.04 Å². The van der Waals surface area contributed by atoms with E-state index in [1.165, 1.54) is 27.5 Å². The second-order valence-corrected chi connectivity index (χ2v) is 18.6. The molecular formula is C58H49BN2. The van der Waals surface area contributed by atoms with Gasteiger partial charge in [-0.25, -0.2) is 0 Å². The van der Waals surface area contributed by atoms with Crippen molar-refractivity contribution in [3.05, 3.63) is 199 Å². The Bertz CT molecular complexity index is 3250. The van der Waals surface area contributed by atoms with Crippen molar-refractivity contribution >= 4 is 78.8 Å². The Hall–Kier alpha value is -6.84. The number of para-hydroxylation sites is 2. The SMILES string of the molecule is [2H]c1c([2H])c([2H])c(-c2c3ccccc3c(-c3cc4c5c(c3)N(c3ccccc3)c3ccc(C(C)(C)C)cc3B5c3cc(C(C)(C)C)ccc3N4c3ccccc3)c3ccccc23)c([2H])c1[2H]. The fourth-order valence-corrected chi connectivity index (χ4v) is 9.88. The molecule has 0 fully saturated rings. The van der Waals surface area contributed by atoms with E-state index in [9.17, 15) is 0 Å². The summed E-state index contributed by atoms with van der Waals surface area (Å²) in [5.41, 5.74) is 15.6. The van der Waals surface area contributed by atoms with Crippen LogP contribution in [0.1, 0.15) is 59.5 Å². The van der Waals surface area contributed by atoms with Gasteiger partial charge in [0.05, 0.1) is 6.85 Å². The molecule has 11 rings (SSSR count). The largest absolute Gasteiger partial charge is 0.311 e. The lowest BCUT2D eigenvalue weighted by molar-refractivity contribution is 0.590. The summed E-state index contributed by atoms with van der Waals surface area (Å²) in [6, 6.07) is 55.1. The van der Waals surface area contributed by atoms with E-state index in [4.69, 9.17) is 6.85 Å². The van der Waals surface area contributed by atoms with Gasteiger partial charge in [0, 0.05) is 34.1 Å². The maximum atomic E-state index is 9.16. The van der Waals surface area contributed by atoms with Crippen molar-refractivity contribution in [2.24, 2.45) is 0 Å². The van der Waals surface area contributed by atoms with Crippen LogP contribution in [0.5, 0.6) is 0 Å². The van der Waals surface area contributed by atoms with Crippen LogP contribution in [0.25, 0.3) is 43.8 Å². The minimum atomic E-state index is -0.404. The normalized spacial score (nSPS) is 14.5. The van der Waals surface area contributed by atoms with Crippen LogP contribution in [-0.2, 0) is 10.8 Å². The van der Waals surface area contributed by atoms with Gasteiger partial charge < -0.3 is 9.80 Å². The molecule has 0 aromatic heterocycles. The number of anilines is 6. The summed E-state index contributed by atoms with van der Waals surface area (Å²) in [6.45, 7) is 13.7. The molecule has 2 nitrogen and oxygen atoms in total. The fraction of sp³-hybridized carbons (Fsp3) is 0.138.